The number of carbonyl (C=O) groups excluding carboxylic acids is 2. The molecule has 2 aliphatic heterocycles. The molecule has 20 heavy (non-hydrogen) atoms. The molecule has 0 N–H and O–H groups in total. The van der Waals surface area contributed by atoms with Crippen molar-refractivity contribution in [1.29, 1.82) is 0 Å². The molecule has 2 amide bonds. The van der Waals surface area contributed by atoms with E-state index in [0.29, 0.717) is 13.1 Å². The summed E-state index contributed by atoms with van der Waals surface area (Å²) in [4.78, 5) is 32.4. The molecule has 0 saturated carbocycles. The van der Waals surface area contributed by atoms with Gasteiger partial charge in [0.15, 0.2) is 0 Å². The number of rotatable bonds is 1. The highest BCUT2D eigenvalue weighted by atomic mass is 16.2. The van der Waals surface area contributed by atoms with Gasteiger partial charge in [0.25, 0.3) is 0 Å². The molecule has 3 heterocycles. The lowest BCUT2D eigenvalue weighted by Gasteiger charge is -2.34. The first kappa shape index (κ1) is 13.1. The standard InChI is InChI=1S/C15H19N3O2/c1-11(19)18-9-12-5-4-6-16-14(12)13(10-18)15(20)17-7-2-3-8-17/h4-6,13H,2-3,7-10H2,1H3. The van der Waals surface area contributed by atoms with Gasteiger partial charge in [0, 0.05) is 39.3 Å². The molecule has 5 nitrogen and oxygen atoms in total. The summed E-state index contributed by atoms with van der Waals surface area (Å²) >= 11 is 0. The van der Waals surface area contributed by atoms with Crippen molar-refractivity contribution in [1.82, 2.24) is 14.8 Å². The fraction of sp³-hybridized carbons (Fsp3) is 0.533. The summed E-state index contributed by atoms with van der Waals surface area (Å²) in [5.41, 5.74) is 1.84. The first-order valence-electron chi connectivity index (χ1n) is 7.15. The van der Waals surface area contributed by atoms with Crippen LogP contribution < -0.4 is 0 Å². The van der Waals surface area contributed by atoms with Gasteiger partial charge < -0.3 is 9.80 Å². The number of hydrogen-bond acceptors (Lipinski definition) is 3. The van der Waals surface area contributed by atoms with Crippen LogP contribution in [-0.4, -0.2) is 46.2 Å². The van der Waals surface area contributed by atoms with E-state index in [0.717, 1.165) is 37.2 Å². The molecule has 2 aliphatic rings. The maximum atomic E-state index is 12.7. The molecule has 1 fully saturated rings. The van der Waals surface area contributed by atoms with Gasteiger partial charge in [0.05, 0.1) is 11.6 Å². The monoisotopic (exact) mass is 273 g/mol. The van der Waals surface area contributed by atoms with Gasteiger partial charge in [0.2, 0.25) is 11.8 Å². The fourth-order valence-electron chi connectivity index (χ4n) is 3.07. The molecule has 0 bridgehead atoms. The van der Waals surface area contributed by atoms with E-state index in [1.165, 1.54) is 0 Å². The normalized spacial score (nSPS) is 21.8. The summed E-state index contributed by atoms with van der Waals surface area (Å²) in [5, 5.41) is 0. The molecule has 0 radical (unpaired) electrons. The number of nitrogens with zero attached hydrogens (tertiary/aromatic N) is 3. The highest BCUT2D eigenvalue weighted by Gasteiger charge is 2.35. The number of fused-ring (bicyclic) bond motifs is 1. The van der Waals surface area contributed by atoms with Crippen LogP contribution in [0.25, 0.3) is 0 Å². The zero-order valence-electron chi connectivity index (χ0n) is 11.7. The van der Waals surface area contributed by atoms with Crippen LogP contribution in [0.3, 0.4) is 0 Å². The van der Waals surface area contributed by atoms with E-state index >= 15 is 0 Å². The number of likely N-dealkylation sites (tertiary alicyclic amines) is 1. The SMILES string of the molecule is CC(=O)N1Cc2cccnc2C(C(=O)N2CCCC2)C1. The van der Waals surface area contributed by atoms with E-state index in [4.69, 9.17) is 0 Å². The largest absolute Gasteiger partial charge is 0.342 e. The van der Waals surface area contributed by atoms with Crippen LogP contribution in [0.5, 0.6) is 0 Å². The van der Waals surface area contributed by atoms with Gasteiger partial charge in [-0.1, -0.05) is 6.07 Å². The number of pyridine rings is 1. The molecule has 3 rings (SSSR count). The summed E-state index contributed by atoms with van der Waals surface area (Å²) in [6.45, 7) is 4.23. The van der Waals surface area contributed by atoms with Crippen molar-refractivity contribution in [2.75, 3.05) is 19.6 Å². The maximum absolute atomic E-state index is 12.7. The minimum Gasteiger partial charge on any atom is -0.342 e. The Kier molecular flexibility index (Phi) is 3.42. The lowest BCUT2D eigenvalue weighted by atomic mass is 9.93. The van der Waals surface area contributed by atoms with E-state index in [-0.39, 0.29) is 17.7 Å². The van der Waals surface area contributed by atoms with Crippen LogP contribution in [0, 0.1) is 0 Å². The van der Waals surface area contributed by atoms with Crippen LogP contribution in [0.15, 0.2) is 18.3 Å². The van der Waals surface area contributed by atoms with Gasteiger partial charge in [-0.15, -0.1) is 0 Å². The molecule has 1 saturated heterocycles. The zero-order valence-corrected chi connectivity index (χ0v) is 11.7. The third-order valence-corrected chi connectivity index (χ3v) is 4.18. The molecule has 5 heteroatoms. The van der Waals surface area contributed by atoms with Crippen molar-refractivity contribution >= 4 is 11.8 Å². The van der Waals surface area contributed by atoms with Crippen molar-refractivity contribution in [3.8, 4) is 0 Å². The molecule has 1 aromatic heterocycles. The lowest BCUT2D eigenvalue weighted by molar-refractivity contribution is -0.135. The van der Waals surface area contributed by atoms with Crippen LogP contribution in [-0.2, 0) is 16.1 Å². The van der Waals surface area contributed by atoms with Crippen LogP contribution in [0.2, 0.25) is 0 Å². The molecular weight excluding hydrogens is 254 g/mol. The predicted molar refractivity (Wildman–Crippen MR) is 73.9 cm³/mol. The molecule has 0 aromatic carbocycles. The van der Waals surface area contributed by atoms with Gasteiger partial charge in [-0.2, -0.15) is 0 Å². The minimum absolute atomic E-state index is 0.0127. The van der Waals surface area contributed by atoms with E-state index in [2.05, 4.69) is 4.98 Å². The van der Waals surface area contributed by atoms with Crippen molar-refractivity contribution in [2.24, 2.45) is 0 Å². The third-order valence-electron chi connectivity index (χ3n) is 4.18. The van der Waals surface area contributed by atoms with Crippen LogP contribution in [0.4, 0.5) is 0 Å². The van der Waals surface area contributed by atoms with E-state index in [1.54, 1.807) is 18.0 Å². The number of aromatic nitrogens is 1. The second-order valence-corrected chi connectivity index (χ2v) is 5.53. The highest BCUT2D eigenvalue weighted by molar-refractivity contribution is 5.85. The zero-order chi connectivity index (χ0) is 14.1. The Morgan fingerprint density at radius 3 is 2.70 bits per heavy atom. The van der Waals surface area contributed by atoms with Gasteiger partial charge in [-0.3, -0.25) is 14.6 Å². The molecular formula is C15H19N3O2. The predicted octanol–water partition coefficient (Wildman–Crippen LogP) is 1.15. The summed E-state index contributed by atoms with van der Waals surface area (Å²) in [7, 11) is 0. The smallest absolute Gasteiger partial charge is 0.233 e. The minimum atomic E-state index is -0.304. The molecule has 106 valence electrons. The van der Waals surface area contributed by atoms with Crippen molar-refractivity contribution < 1.29 is 9.59 Å². The van der Waals surface area contributed by atoms with E-state index < -0.39 is 0 Å². The van der Waals surface area contributed by atoms with Gasteiger partial charge in [-0.05, 0) is 24.5 Å². The quantitative estimate of drug-likeness (QED) is 0.771. The summed E-state index contributed by atoms with van der Waals surface area (Å²) in [6, 6.07) is 3.82. The Balaban J connectivity index is 1.91. The first-order chi connectivity index (χ1) is 9.66. The molecule has 1 unspecified atom stereocenters. The number of hydrogen-bond donors (Lipinski definition) is 0. The summed E-state index contributed by atoms with van der Waals surface area (Å²) in [5.74, 6) is -0.172. The Bertz CT molecular complexity index is 538. The van der Waals surface area contributed by atoms with Crippen LogP contribution in [0.1, 0.15) is 36.9 Å². The summed E-state index contributed by atoms with van der Waals surface area (Å²) in [6.07, 6.45) is 3.88. The average Bonchev–Trinajstić information content (AvgIpc) is 2.99. The molecule has 1 aromatic rings. The molecule has 0 aliphatic carbocycles. The Morgan fingerprint density at radius 1 is 1.25 bits per heavy atom. The number of amides is 2. The van der Waals surface area contributed by atoms with Crippen LogP contribution >= 0.6 is 0 Å². The Hall–Kier alpha value is -1.91. The molecule has 0 spiro atoms. The third kappa shape index (κ3) is 2.28. The average molecular weight is 273 g/mol. The highest BCUT2D eigenvalue weighted by Crippen LogP contribution is 2.29. The lowest BCUT2D eigenvalue weighted by Crippen LogP contribution is -2.44. The Labute approximate surface area is 118 Å². The van der Waals surface area contributed by atoms with Crippen molar-refractivity contribution in [3.63, 3.8) is 0 Å². The second kappa shape index (κ2) is 5.23. The van der Waals surface area contributed by atoms with E-state index in [9.17, 15) is 9.59 Å². The van der Waals surface area contributed by atoms with Gasteiger partial charge >= 0.3 is 0 Å². The number of carbonyl (C=O) groups is 2. The van der Waals surface area contributed by atoms with Crippen molar-refractivity contribution in [2.45, 2.75) is 32.2 Å². The first-order valence-corrected chi connectivity index (χ1v) is 7.15. The van der Waals surface area contributed by atoms with E-state index in [1.807, 2.05) is 17.0 Å². The van der Waals surface area contributed by atoms with Gasteiger partial charge in [-0.25, -0.2) is 0 Å². The second-order valence-electron chi connectivity index (χ2n) is 5.53. The Morgan fingerprint density at radius 2 is 2.00 bits per heavy atom. The van der Waals surface area contributed by atoms with Gasteiger partial charge in [0.1, 0.15) is 0 Å². The topological polar surface area (TPSA) is 53.5 Å². The summed E-state index contributed by atoms with van der Waals surface area (Å²) < 4.78 is 0. The fourth-order valence-corrected chi connectivity index (χ4v) is 3.07. The maximum Gasteiger partial charge on any atom is 0.233 e. The van der Waals surface area contributed by atoms with Crippen molar-refractivity contribution in [3.05, 3.63) is 29.6 Å². The molecule has 1 atom stereocenters.